The van der Waals surface area contributed by atoms with E-state index in [-0.39, 0.29) is 41.7 Å². The molecule has 1 aromatic carbocycles. The van der Waals surface area contributed by atoms with Gasteiger partial charge in [0.25, 0.3) is 0 Å². The fourth-order valence-corrected chi connectivity index (χ4v) is 3.72. The number of halogens is 1. The molecule has 2 N–H and O–H groups in total. The van der Waals surface area contributed by atoms with Crippen LogP contribution in [0.1, 0.15) is 32.1 Å². The van der Waals surface area contributed by atoms with Crippen LogP contribution in [-0.2, 0) is 21.7 Å². The van der Waals surface area contributed by atoms with Crippen molar-refractivity contribution in [2.75, 3.05) is 25.9 Å². The standard InChI is InChI=1S/C20H29N3O3S.HI/c1-20(2,3)16-7-9-18(10-8-16)27(24,25)15-13-23-19(21-4)22-12-11-17-6-5-14-26-17;/h5-10,14H,11-13,15H2,1-4H3,(H2,21,22,23);1H. The predicted octanol–water partition coefficient (Wildman–Crippen LogP) is 3.38. The molecule has 0 aliphatic heterocycles. The van der Waals surface area contributed by atoms with Crippen molar-refractivity contribution in [1.82, 2.24) is 10.6 Å². The van der Waals surface area contributed by atoms with Crippen molar-refractivity contribution in [3.8, 4) is 0 Å². The number of aliphatic imine (C=N–C) groups is 1. The average Bonchev–Trinajstić information content (AvgIpc) is 3.13. The first kappa shape index (κ1) is 24.5. The van der Waals surface area contributed by atoms with Gasteiger partial charge in [0.2, 0.25) is 0 Å². The molecule has 0 amide bonds. The number of nitrogens with one attached hydrogen (secondary N) is 2. The fourth-order valence-electron chi connectivity index (χ4n) is 2.56. The summed E-state index contributed by atoms with van der Waals surface area (Å²) in [6.45, 7) is 7.23. The maximum Gasteiger partial charge on any atom is 0.191 e. The van der Waals surface area contributed by atoms with Gasteiger partial charge >= 0.3 is 0 Å². The average molecular weight is 519 g/mol. The second-order valence-corrected chi connectivity index (χ2v) is 9.46. The summed E-state index contributed by atoms with van der Waals surface area (Å²) in [7, 11) is -1.69. The first-order chi connectivity index (χ1) is 12.7. The smallest absolute Gasteiger partial charge is 0.191 e. The summed E-state index contributed by atoms with van der Waals surface area (Å²) in [4.78, 5) is 4.45. The molecule has 0 radical (unpaired) electrons. The Balaban J connectivity index is 0.00000392. The summed E-state index contributed by atoms with van der Waals surface area (Å²) < 4.78 is 30.3. The fraction of sp³-hybridized carbons (Fsp3) is 0.450. The van der Waals surface area contributed by atoms with E-state index in [1.165, 1.54) is 0 Å². The summed E-state index contributed by atoms with van der Waals surface area (Å²) in [5.41, 5.74) is 1.11. The molecule has 1 aromatic heterocycles. The van der Waals surface area contributed by atoms with Gasteiger partial charge in [0.1, 0.15) is 5.76 Å². The molecule has 1 heterocycles. The molecule has 28 heavy (non-hydrogen) atoms. The van der Waals surface area contributed by atoms with Crippen LogP contribution in [0.25, 0.3) is 0 Å². The van der Waals surface area contributed by atoms with Crippen LogP contribution >= 0.6 is 24.0 Å². The van der Waals surface area contributed by atoms with Crippen molar-refractivity contribution in [3.05, 3.63) is 54.0 Å². The topological polar surface area (TPSA) is 83.7 Å². The molecule has 2 rings (SSSR count). The van der Waals surface area contributed by atoms with Crippen LogP contribution in [0.15, 0.2) is 57.0 Å². The number of guanidine groups is 1. The zero-order chi connectivity index (χ0) is 19.9. The van der Waals surface area contributed by atoms with Crippen LogP contribution in [0.2, 0.25) is 0 Å². The monoisotopic (exact) mass is 519 g/mol. The molecule has 0 atom stereocenters. The van der Waals surface area contributed by atoms with Gasteiger partial charge in [-0.1, -0.05) is 32.9 Å². The molecule has 0 unspecified atom stereocenters. The van der Waals surface area contributed by atoms with E-state index in [4.69, 9.17) is 4.42 Å². The molecule has 0 aliphatic carbocycles. The third kappa shape index (κ3) is 7.46. The summed E-state index contributed by atoms with van der Waals surface area (Å²) in [5, 5.41) is 6.18. The van der Waals surface area contributed by atoms with Crippen LogP contribution in [0.3, 0.4) is 0 Å². The molecule has 0 fully saturated rings. The van der Waals surface area contributed by atoms with Crippen LogP contribution < -0.4 is 10.6 Å². The Morgan fingerprint density at radius 1 is 1.07 bits per heavy atom. The van der Waals surface area contributed by atoms with Crippen LogP contribution in [-0.4, -0.2) is 40.3 Å². The highest BCUT2D eigenvalue weighted by Crippen LogP contribution is 2.23. The minimum Gasteiger partial charge on any atom is -0.469 e. The van der Waals surface area contributed by atoms with E-state index in [0.717, 1.165) is 17.7 Å². The van der Waals surface area contributed by atoms with Gasteiger partial charge in [0.05, 0.1) is 16.9 Å². The van der Waals surface area contributed by atoms with Crippen molar-refractivity contribution in [2.24, 2.45) is 4.99 Å². The van der Waals surface area contributed by atoms with Gasteiger partial charge in [-0.15, -0.1) is 24.0 Å². The van der Waals surface area contributed by atoms with E-state index in [1.54, 1.807) is 25.4 Å². The van der Waals surface area contributed by atoms with E-state index in [9.17, 15) is 8.42 Å². The third-order valence-corrected chi connectivity index (χ3v) is 5.94. The third-order valence-electron chi connectivity index (χ3n) is 4.21. The number of hydrogen-bond donors (Lipinski definition) is 2. The highest BCUT2D eigenvalue weighted by Gasteiger charge is 2.17. The van der Waals surface area contributed by atoms with Crippen molar-refractivity contribution >= 4 is 39.8 Å². The SMILES string of the molecule is CN=C(NCCc1ccco1)NCCS(=O)(=O)c1ccc(C(C)(C)C)cc1.I. The lowest BCUT2D eigenvalue weighted by Crippen LogP contribution is -2.40. The van der Waals surface area contributed by atoms with E-state index < -0.39 is 9.84 Å². The minimum atomic E-state index is -3.34. The normalized spacial score (nSPS) is 12.4. The second-order valence-electron chi connectivity index (χ2n) is 7.35. The predicted molar refractivity (Wildman–Crippen MR) is 124 cm³/mol. The van der Waals surface area contributed by atoms with Crippen LogP contribution in [0, 0.1) is 0 Å². The van der Waals surface area contributed by atoms with Gasteiger partial charge in [0, 0.05) is 26.6 Å². The lowest BCUT2D eigenvalue weighted by atomic mass is 9.87. The Morgan fingerprint density at radius 2 is 1.71 bits per heavy atom. The van der Waals surface area contributed by atoms with E-state index in [0.29, 0.717) is 17.4 Å². The van der Waals surface area contributed by atoms with E-state index >= 15 is 0 Å². The maximum absolute atomic E-state index is 12.5. The first-order valence-corrected chi connectivity index (χ1v) is 10.7. The van der Waals surface area contributed by atoms with Gasteiger partial charge < -0.3 is 15.1 Å². The Morgan fingerprint density at radius 3 is 2.25 bits per heavy atom. The number of benzene rings is 1. The van der Waals surface area contributed by atoms with Crippen LogP contribution in [0.4, 0.5) is 0 Å². The number of nitrogens with zero attached hydrogens (tertiary/aromatic N) is 1. The Kier molecular flexibility index (Phi) is 9.49. The van der Waals surface area contributed by atoms with Crippen molar-refractivity contribution in [3.63, 3.8) is 0 Å². The molecular formula is C20H30IN3O3S. The lowest BCUT2D eigenvalue weighted by molar-refractivity contribution is 0.507. The van der Waals surface area contributed by atoms with Crippen LogP contribution in [0.5, 0.6) is 0 Å². The quantitative estimate of drug-likeness (QED) is 0.333. The minimum absolute atomic E-state index is 0. The molecule has 8 heteroatoms. The lowest BCUT2D eigenvalue weighted by Gasteiger charge is -2.19. The van der Waals surface area contributed by atoms with Gasteiger partial charge in [-0.05, 0) is 35.2 Å². The second kappa shape index (κ2) is 10.8. The number of hydrogen-bond acceptors (Lipinski definition) is 4. The Bertz CT molecular complexity index is 840. The number of sulfone groups is 1. The molecular weight excluding hydrogens is 489 g/mol. The van der Waals surface area contributed by atoms with Crippen molar-refractivity contribution in [1.29, 1.82) is 0 Å². The highest BCUT2D eigenvalue weighted by molar-refractivity contribution is 14.0. The summed E-state index contributed by atoms with van der Waals surface area (Å²) in [6.07, 6.45) is 2.37. The van der Waals surface area contributed by atoms with E-state index in [2.05, 4.69) is 36.4 Å². The number of furan rings is 1. The summed E-state index contributed by atoms with van der Waals surface area (Å²) in [6, 6.07) is 10.9. The highest BCUT2D eigenvalue weighted by atomic mass is 127. The molecule has 2 aromatic rings. The van der Waals surface area contributed by atoms with Gasteiger partial charge in [-0.3, -0.25) is 4.99 Å². The molecule has 0 saturated carbocycles. The molecule has 0 aliphatic rings. The Labute approximate surface area is 185 Å². The van der Waals surface area contributed by atoms with E-state index in [1.807, 2.05) is 24.3 Å². The maximum atomic E-state index is 12.5. The number of rotatable bonds is 7. The van der Waals surface area contributed by atoms with Crippen molar-refractivity contribution in [2.45, 2.75) is 37.5 Å². The van der Waals surface area contributed by atoms with Gasteiger partial charge in [0.15, 0.2) is 15.8 Å². The zero-order valence-electron chi connectivity index (χ0n) is 16.9. The summed E-state index contributed by atoms with van der Waals surface area (Å²) >= 11 is 0. The Hall–Kier alpha value is -1.55. The summed E-state index contributed by atoms with van der Waals surface area (Å²) in [5.74, 6) is 1.46. The van der Waals surface area contributed by atoms with Gasteiger partial charge in [-0.2, -0.15) is 0 Å². The molecule has 156 valence electrons. The molecule has 0 spiro atoms. The molecule has 0 bridgehead atoms. The molecule has 6 nitrogen and oxygen atoms in total. The first-order valence-electron chi connectivity index (χ1n) is 9.02. The van der Waals surface area contributed by atoms with Gasteiger partial charge in [-0.25, -0.2) is 8.42 Å². The molecule has 0 saturated heterocycles. The van der Waals surface area contributed by atoms with Crippen molar-refractivity contribution < 1.29 is 12.8 Å². The zero-order valence-corrected chi connectivity index (χ0v) is 20.0. The largest absolute Gasteiger partial charge is 0.469 e.